The highest BCUT2D eigenvalue weighted by Crippen LogP contribution is 2.47. The molecule has 0 saturated carbocycles. The van der Waals surface area contributed by atoms with E-state index in [1.54, 1.807) is 27.7 Å². The Labute approximate surface area is 191 Å². The third-order valence-electron chi connectivity index (χ3n) is 3.97. The molecule has 186 valence electrons. The molecule has 0 aliphatic rings. The number of carbonyl (C=O) groups is 4. The maximum absolute atomic E-state index is 12.3. The molecule has 0 aliphatic carbocycles. The zero-order chi connectivity index (χ0) is 25.6. The second kappa shape index (κ2) is 11.4. The van der Waals surface area contributed by atoms with Crippen LogP contribution in [0, 0.1) is 23.7 Å². The highest BCUT2D eigenvalue weighted by Gasteiger charge is 2.34. The molecule has 33 heavy (non-hydrogen) atoms. The molecule has 0 saturated heterocycles. The van der Waals surface area contributed by atoms with Gasteiger partial charge in [0.05, 0.1) is 17.8 Å². The number of carbonyl (C=O) groups excluding carboxylic acids is 4. The van der Waals surface area contributed by atoms with Gasteiger partial charge in [-0.15, -0.1) is 0 Å². The van der Waals surface area contributed by atoms with E-state index in [-0.39, 0.29) is 4.73 Å². The number of hydrogen-bond acceptors (Lipinski definition) is 11. The molecule has 1 heterocycles. The average Bonchev–Trinajstić information content (AvgIpc) is 2.91. The Hall–Kier alpha value is -3.44. The number of rotatable bonds is 9. The molecule has 1 aromatic heterocycles. The minimum Gasteiger partial charge on any atom is -0.490 e. The summed E-state index contributed by atoms with van der Waals surface area (Å²) in [5.41, 5.74) is 0. The van der Waals surface area contributed by atoms with E-state index in [0.717, 1.165) is 0 Å². The van der Waals surface area contributed by atoms with Crippen LogP contribution in [0.1, 0.15) is 55.4 Å². The maximum atomic E-state index is 12.3. The molecule has 0 aromatic carbocycles. The number of nitrogens with zero attached hydrogens (tertiary/aromatic N) is 1. The normalized spacial score (nSPS) is 12.1. The molecule has 1 atom stereocenters. The molecule has 1 aromatic rings. The first-order valence-corrected chi connectivity index (χ1v) is 10.4. The van der Waals surface area contributed by atoms with Crippen LogP contribution in [0.15, 0.2) is 0 Å². The number of ether oxygens (including phenoxy) is 4. The second-order valence-corrected chi connectivity index (χ2v) is 8.41. The molecule has 12 nitrogen and oxygen atoms in total. The van der Waals surface area contributed by atoms with Crippen molar-refractivity contribution in [1.82, 2.24) is 4.73 Å². The molecule has 0 aliphatic heterocycles. The fourth-order valence-electron chi connectivity index (χ4n) is 1.93. The van der Waals surface area contributed by atoms with Crippen molar-refractivity contribution < 1.29 is 53.2 Å². The standard InChI is InChI=1S/C21H31NO11/c1-9(2)17(25)29-13-14(30-18(26)10(3)4)16(24)22(15(13)23)33-21(28)32-20(12(7)8)31-19(27)11(5)6/h9-12,20,23-24H,1-8H3/t20-/m1/s1. The van der Waals surface area contributed by atoms with Gasteiger partial charge in [-0.1, -0.05) is 60.1 Å². The predicted octanol–water partition coefficient (Wildman–Crippen LogP) is 2.77. The average molecular weight is 473 g/mol. The SMILES string of the molecule is CC(C)C(=O)Oc1c(OC(=O)C(C)C)c(O)n(OC(=O)O[C@@H](OC(=O)C(C)C)C(C)C)c1O. The molecule has 0 bridgehead atoms. The molecular formula is C21H31NO11. The first-order chi connectivity index (χ1) is 15.2. The van der Waals surface area contributed by atoms with Gasteiger partial charge in [0, 0.05) is 5.92 Å². The van der Waals surface area contributed by atoms with Gasteiger partial charge >= 0.3 is 24.1 Å². The van der Waals surface area contributed by atoms with E-state index >= 15 is 0 Å². The quantitative estimate of drug-likeness (QED) is 0.401. The largest absolute Gasteiger partial charge is 0.537 e. The predicted molar refractivity (Wildman–Crippen MR) is 111 cm³/mol. The van der Waals surface area contributed by atoms with Gasteiger partial charge in [-0.05, 0) is 0 Å². The molecular weight excluding hydrogens is 442 g/mol. The van der Waals surface area contributed by atoms with Crippen molar-refractivity contribution in [2.24, 2.45) is 23.7 Å². The first-order valence-electron chi connectivity index (χ1n) is 10.4. The Kier molecular flexibility index (Phi) is 9.56. The summed E-state index contributed by atoms with van der Waals surface area (Å²) in [6.45, 7) is 12.4. The number of hydrogen-bond donors (Lipinski definition) is 2. The smallest absolute Gasteiger partial charge is 0.490 e. The monoisotopic (exact) mass is 473 g/mol. The van der Waals surface area contributed by atoms with Crippen LogP contribution in [-0.4, -0.2) is 45.3 Å². The number of aromatic nitrogens is 1. The van der Waals surface area contributed by atoms with Crippen molar-refractivity contribution in [2.45, 2.75) is 61.7 Å². The summed E-state index contributed by atoms with van der Waals surface area (Å²) >= 11 is 0. The third kappa shape index (κ3) is 7.29. The first kappa shape index (κ1) is 27.6. The van der Waals surface area contributed by atoms with E-state index in [4.69, 9.17) is 23.8 Å². The Morgan fingerprint density at radius 2 is 1.06 bits per heavy atom. The summed E-state index contributed by atoms with van der Waals surface area (Å²) in [4.78, 5) is 52.9. The zero-order valence-corrected chi connectivity index (χ0v) is 19.9. The maximum Gasteiger partial charge on any atom is 0.537 e. The highest BCUT2D eigenvalue weighted by molar-refractivity contribution is 5.80. The lowest BCUT2D eigenvalue weighted by atomic mass is 10.2. The minimum absolute atomic E-state index is 0.149. The topological polar surface area (TPSA) is 160 Å². The molecule has 0 fully saturated rings. The van der Waals surface area contributed by atoms with E-state index < -0.39 is 77.3 Å². The molecule has 1 rings (SSSR count). The van der Waals surface area contributed by atoms with Crippen molar-refractivity contribution in [3.8, 4) is 23.3 Å². The third-order valence-corrected chi connectivity index (χ3v) is 3.97. The van der Waals surface area contributed by atoms with Gasteiger partial charge in [0.25, 0.3) is 18.1 Å². The van der Waals surface area contributed by atoms with Crippen LogP contribution < -0.4 is 14.3 Å². The molecule has 0 unspecified atom stereocenters. The summed E-state index contributed by atoms with van der Waals surface area (Å²) in [6.07, 6.45) is -2.81. The Bertz CT molecular complexity index is 838. The van der Waals surface area contributed by atoms with Crippen LogP contribution in [0.5, 0.6) is 23.3 Å². The number of esters is 3. The van der Waals surface area contributed by atoms with E-state index in [2.05, 4.69) is 0 Å². The van der Waals surface area contributed by atoms with Crippen LogP contribution >= 0.6 is 0 Å². The van der Waals surface area contributed by atoms with Crippen molar-refractivity contribution in [3.63, 3.8) is 0 Å². The summed E-state index contributed by atoms with van der Waals surface area (Å²) in [7, 11) is 0. The van der Waals surface area contributed by atoms with Crippen molar-refractivity contribution in [3.05, 3.63) is 0 Å². The molecule has 2 N–H and O–H groups in total. The van der Waals surface area contributed by atoms with Crippen LogP contribution in [0.25, 0.3) is 0 Å². The zero-order valence-electron chi connectivity index (χ0n) is 19.9. The van der Waals surface area contributed by atoms with E-state index in [9.17, 15) is 29.4 Å². The lowest BCUT2D eigenvalue weighted by molar-refractivity contribution is -0.183. The van der Waals surface area contributed by atoms with E-state index in [1.165, 1.54) is 27.7 Å². The molecule has 0 radical (unpaired) electrons. The molecule has 12 heteroatoms. The van der Waals surface area contributed by atoms with Crippen LogP contribution in [0.4, 0.5) is 4.79 Å². The van der Waals surface area contributed by atoms with Gasteiger partial charge in [-0.25, -0.2) is 4.79 Å². The fourth-order valence-corrected chi connectivity index (χ4v) is 1.93. The molecule has 0 spiro atoms. The van der Waals surface area contributed by atoms with Gasteiger partial charge < -0.3 is 29.2 Å². The summed E-state index contributed by atoms with van der Waals surface area (Å²) in [6, 6.07) is 0. The van der Waals surface area contributed by atoms with Gasteiger partial charge in [0.2, 0.25) is 11.5 Å². The van der Waals surface area contributed by atoms with Crippen molar-refractivity contribution in [2.75, 3.05) is 0 Å². The van der Waals surface area contributed by atoms with E-state index in [0.29, 0.717) is 0 Å². The lowest BCUT2D eigenvalue weighted by Gasteiger charge is -2.21. The van der Waals surface area contributed by atoms with Crippen LogP contribution in [0.2, 0.25) is 0 Å². The summed E-state index contributed by atoms with van der Waals surface area (Å²) in [5.74, 6) is -8.08. The summed E-state index contributed by atoms with van der Waals surface area (Å²) < 4.78 is 20.2. The summed E-state index contributed by atoms with van der Waals surface area (Å²) in [5, 5.41) is 20.8. The lowest BCUT2D eigenvalue weighted by Crippen LogP contribution is -2.33. The van der Waals surface area contributed by atoms with Gasteiger partial charge in [-0.2, -0.15) is 0 Å². The van der Waals surface area contributed by atoms with Crippen molar-refractivity contribution >= 4 is 24.1 Å². The Morgan fingerprint density at radius 1 is 0.667 bits per heavy atom. The number of aromatic hydroxyl groups is 2. The molecule has 0 amide bonds. The fraction of sp³-hybridized carbons (Fsp3) is 0.619. The van der Waals surface area contributed by atoms with Crippen molar-refractivity contribution in [1.29, 1.82) is 0 Å². The van der Waals surface area contributed by atoms with E-state index in [1.807, 2.05) is 0 Å². The van der Waals surface area contributed by atoms with Gasteiger partial charge in [0.1, 0.15) is 0 Å². The van der Waals surface area contributed by atoms with Gasteiger partial charge in [0.15, 0.2) is 0 Å². The second-order valence-electron chi connectivity index (χ2n) is 8.41. The Balaban J connectivity index is 3.24. The van der Waals surface area contributed by atoms with Crippen LogP contribution in [0.3, 0.4) is 0 Å². The Morgan fingerprint density at radius 3 is 1.39 bits per heavy atom. The highest BCUT2D eigenvalue weighted by atomic mass is 16.9. The minimum atomic E-state index is -1.48. The van der Waals surface area contributed by atoms with Gasteiger partial charge in [-0.3, -0.25) is 19.2 Å². The van der Waals surface area contributed by atoms with Crippen LogP contribution in [-0.2, 0) is 23.9 Å².